The monoisotopic (exact) mass is 358 g/mol. The van der Waals surface area contributed by atoms with Crippen molar-refractivity contribution in [3.63, 3.8) is 0 Å². The molecule has 0 saturated carbocycles. The highest BCUT2D eigenvalue weighted by Crippen LogP contribution is 2.42. The Morgan fingerprint density at radius 3 is 1.57 bits per heavy atom. The zero-order valence-electron chi connectivity index (χ0n) is 12.5. The van der Waals surface area contributed by atoms with Crippen LogP contribution in [0.4, 0.5) is 0 Å². The van der Waals surface area contributed by atoms with Crippen molar-refractivity contribution >= 4 is 37.9 Å². The smallest absolute Gasteiger partial charge is 0.0773 e. The zero-order valence-corrected chi connectivity index (χ0v) is 15.2. The fraction of sp³-hybridized carbons (Fsp3) is 1.00. The highest BCUT2D eigenvalue weighted by atomic mass is 32.1. The maximum atomic E-state index is 11.1. The van der Waals surface area contributed by atoms with Crippen LogP contribution in [0, 0.1) is 5.41 Å². The van der Waals surface area contributed by atoms with Crippen molar-refractivity contribution in [3.05, 3.63) is 0 Å². The van der Waals surface area contributed by atoms with Gasteiger partial charge in [-0.3, -0.25) is 0 Å². The lowest BCUT2D eigenvalue weighted by molar-refractivity contribution is -0.192. The average molecular weight is 359 g/mol. The van der Waals surface area contributed by atoms with Crippen LogP contribution in [0.2, 0.25) is 0 Å². The first-order valence-electron chi connectivity index (χ1n) is 7.42. The first-order chi connectivity index (χ1) is 9.97. The number of aliphatic hydroxyl groups is 4. The van der Waals surface area contributed by atoms with E-state index >= 15 is 0 Å². The second-order valence-electron chi connectivity index (χ2n) is 5.54. The Bertz CT molecular complexity index is 255. The fourth-order valence-electron chi connectivity index (χ4n) is 2.79. The molecule has 0 bridgehead atoms. The quantitative estimate of drug-likeness (QED) is 0.252. The molecule has 0 saturated heterocycles. The summed E-state index contributed by atoms with van der Waals surface area (Å²) in [4.78, 5) is 0. The summed E-state index contributed by atoms with van der Waals surface area (Å²) >= 11 is 12.4. The summed E-state index contributed by atoms with van der Waals surface area (Å²) in [5.41, 5.74) is -2.67. The Morgan fingerprint density at radius 1 is 0.810 bits per heavy atom. The molecule has 0 aromatic heterocycles. The number of thiol groups is 3. The molecule has 4 N–H and O–H groups in total. The van der Waals surface area contributed by atoms with Gasteiger partial charge in [0.1, 0.15) is 0 Å². The lowest BCUT2D eigenvalue weighted by Gasteiger charge is -2.48. The molecular formula is C14H30O4S3. The van der Waals surface area contributed by atoms with Crippen LogP contribution >= 0.6 is 37.9 Å². The molecule has 128 valence electrons. The molecule has 4 nitrogen and oxygen atoms in total. The minimum Gasteiger partial charge on any atom is -0.395 e. The van der Waals surface area contributed by atoms with Crippen molar-refractivity contribution < 1.29 is 20.4 Å². The van der Waals surface area contributed by atoms with Crippen molar-refractivity contribution in [3.8, 4) is 0 Å². The van der Waals surface area contributed by atoms with E-state index in [0.717, 1.165) is 0 Å². The van der Waals surface area contributed by atoms with Gasteiger partial charge in [0.2, 0.25) is 0 Å². The largest absolute Gasteiger partial charge is 0.395 e. The van der Waals surface area contributed by atoms with Crippen molar-refractivity contribution in [2.75, 3.05) is 30.5 Å². The predicted molar refractivity (Wildman–Crippen MR) is 96.8 cm³/mol. The Labute approximate surface area is 144 Å². The van der Waals surface area contributed by atoms with E-state index in [9.17, 15) is 20.4 Å². The summed E-state index contributed by atoms with van der Waals surface area (Å²) in [6.45, 7) is -0.931. The summed E-state index contributed by atoms with van der Waals surface area (Å²) in [5.74, 6) is 1.81. The molecule has 0 rings (SSSR count). The molecule has 0 aliphatic rings. The van der Waals surface area contributed by atoms with E-state index in [1.807, 2.05) is 0 Å². The van der Waals surface area contributed by atoms with Gasteiger partial charge in [0, 0.05) is 0 Å². The zero-order chi connectivity index (χ0) is 16.4. The first-order valence-corrected chi connectivity index (χ1v) is 9.32. The van der Waals surface area contributed by atoms with Gasteiger partial charge < -0.3 is 20.4 Å². The Morgan fingerprint density at radius 2 is 1.24 bits per heavy atom. The molecule has 0 amide bonds. The van der Waals surface area contributed by atoms with Crippen molar-refractivity contribution in [1.82, 2.24) is 0 Å². The molecule has 0 aliphatic heterocycles. The van der Waals surface area contributed by atoms with Gasteiger partial charge >= 0.3 is 0 Å². The molecule has 0 aliphatic carbocycles. The number of hydrogen-bond acceptors (Lipinski definition) is 7. The summed E-state index contributed by atoms with van der Waals surface area (Å²) in [6.07, 6.45) is 2.10. The van der Waals surface area contributed by atoms with E-state index in [4.69, 9.17) is 0 Å². The van der Waals surface area contributed by atoms with Crippen molar-refractivity contribution in [1.29, 1.82) is 0 Å². The van der Waals surface area contributed by atoms with E-state index < -0.39 is 30.3 Å². The van der Waals surface area contributed by atoms with E-state index in [0.29, 0.717) is 55.8 Å². The maximum Gasteiger partial charge on any atom is 0.0773 e. The minimum atomic E-state index is -1.34. The topological polar surface area (TPSA) is 80.9 Å². The standard InChI is InChI=1S/C14H30O4S3/c15-10-13(11-16,12(17)4-1-7-19)14(18,5-2-8-20)6-3-9-21/h12,15-21H,1-11H2. The summed E-state index contributed by atoms with van der Waals surface area (Å²) in [5, 5.41) is 41.2. The van der Waals surface area contributed by atoms with Crippen LogP contribution in [0.1, 0.15) is 38.5 Å². The van der Waals surface area contributed by atoms with E-state index in [1.54, 1.807) is 0 Å². The van der Waals surface area contributed by atoms with Gasteiger partial charge in [-0.15, -0.1) is 0 Å². The Hall–Kier alpha value is 0.890. The SMILES string of the molecule is OCC(CO)(C(O)CCCS)C(O)(CCCS)CCCS. The molecule has 1 unspecified atom stereocenters. The summed E-state index contributed by atoms with van der Waals surface area (Å²) in [7, 11) is 0. The highest BCUT2D eigenvalue weighted by Gasteiger charge is 2.53. The average Bonchev–Trinajstić information content (AvgIpc) is 2.50. The van der Waals surface area contributed by atoms with Crippen molar-refractivity contribution in [2.24, 2.45) is 5.41 Å². The maximum absolute atomic E-state index is 11.1. The Balaban J connectivity index is 5.34. The molecule has 7 heteroatoms. The highest BCUT2D eigenvalue weighted by molar-refractivity contribution is 7.80. The van der Waals surface area contributed by atoms with Gasteiger partial charge in [0.15, 0.2) is 0 Å². The van der Waals surface area contributed by atoms with Crippen LogP contribution < -0.4 is 0 Å². The molecule has 0 aromatic rings. The van der Waals surface area contributed by atoms with Gasteiger partial charge in [-0.1, -0.05) is 0 Å². The van der Waals surface area contributed by atoms with E-state index in [2.05, 4.69) is 37.9 Å². The van der Waals surface area contributed by atoms with Gasteiger partial charge in [0.05, 0.1) is 30.3 Å². The van der Waals surface area contributed by atoms with Crippen LogP contribution in [0.15, 0.2) is 0 Å². The molecule has 0 radical (unpaired) electrons. The Kier molecular flexibility index (Phi) is 11.9. The number of aliphatic hydroxyl groups excluding tert-OH is 3. The van der Waals surface area contributed by atoms with Crippen LogP contribution in [-0.4, -0.2) is 62.6 Å². The molecule has 0 aromatic carbocycles. The van der Waals surface area contributed by atoms with E-state index in [-0.39, 0.29) is 0 Å². The van der Waals surface area contributed by atoms with Gasteiger partial charge in [-0.05, 0) is 55.8 Å². The minimum absolute atomic E-state index is 0.378. The molecular weight excluding hydrogens is 328 g/mol. The third-order valence-corrected chi connectivity index (χ3v) is 5.21. The molecule has 1 atom stereocenters. The summed E-state index contributed by atoms with van der Waals surface area (Å²) in [6, 6.07) is 0. The fourth-order valence-corrected chi connectivity index (χ4v) is 3.29. The normalized spacial score (nSPS) is 14.4. The summed E-state index contributed by atoms with van der Waals surface area (Å²) < 4.78 is 0. The number of rotatable bonds is 13. The number of hydrogen-bond donors (Lipinski definition) is 7. The van der Waals surface area contributed by atoms with Gasteiger partial charge in [-0.25, -0.2) is 0 Å². The lowest BCUT2D eigenvalue weighted by Crippen LogP contribution is -2.60. The van der Waals surface area contributed by atoms with Gasteiger partial charge in [-0.2, -0.15) is 37.9 Å². The van der Waals surface area contributed by atoms with Gasteiger partial charge in [0.25, 0.3) is 0 Å². The first kappa shape index (κ1) is 21.9. The third-order valence-electron chi connectivity index (χ3n) is 4.26. The second kappa shape index (κ2) is 11.4. The van der Waals surface area contributed by atoms with E-state index in [1.165, 1.54) is 0 Å². The predicted octanol–water partition coefficient (Wildman–Crippen LogP) is 1.18. The molecule has 21 heavy (non-hydrogen) atoms. The van der Waals surface area contributed by atoms with Crippen LogP contribution in [0.25, 0.3) is 0 Å². The third kappa shape index (κ3) is 5.79. The van der Waals surface area contributed by atoms with Crippen molar-refractivity contribution in [2.45, 2.75) is 50.2 Å². The van der Waals surface area contributed by atoms with Crippen LogP contribution in [-0.2, 0) is 0 Å². The second-order valence-corrected chi connectivity index (χ2v) is 6.88. The molecule has 0 spiro atoms. The lowest BCUT2D eigenvalue weighted by atomic mass is 9.64. The molecule has 0 fully saturated rings. The molecule has 0 heterocycles. The van der Waals surface area contributed by atoms with Crippen LogP contribution in [0.5, 0.6) is 0 Å². The van der Waals surface area contributed by atoms with Crippen LogP contribution in [0.3, 0.4) is 0 Å².